The Kier molecular flexibility index (Phi) is 4.33. The summed E-state index contributed by atoms with van der Waals surface area (Å²) >= 11 is 3.57. The first-order chi connectivity index (χ1) is 13.5. The molecule has 144 valence electrons. The van der Waals surface area contributed by atoms with E-state index in [1.54, 1.807) is 22.7 Å². The van der Waals surface area contributed by atoms with Crippen LogP contribution in [0, 0.1) is 11.3 Å². The van der Waals surface area contributed by atoms with Crippen LogP contribution in [-0.4, -0.2) is 5.66 Å². The third kappa shape index (κ3) is 3.07. The van der Waals surface area contributed by atoms with Crippen LogP contribution in [0.2, 0.25) is 0 Å². The molecule has 0 unspecified atom stereocenters. The average Bonchev–Trinajstić information content (AvgIpc) is 3.41. The number of hydrogen-bond acceptors (Lipinski definition) is 4. The highest BCUT2D eigenvalue weighted by atomic mass is 32.1. The summed E-state index contributed by atoms with van der Waals surface area (Å²) in [6.45, 7) is 7.12. The van der Waals surface area contributed by atoms with Gasteiger partial charge in [0.1, 0.15) is 0 Å². The van der Waals surface area contributed by atoms with Gasteiger partial charge in [-0.15, -0.1) is 22.7 Å². The molecule has 28 heavy (non-hydrogen) atoms. The summed E-state index contributed by atoms with van der Waals surface area (Å²) < 4.78 is 0. The van der Waals surface area contributed by atoms with Crippen LogP contribution in [0.5, 0.6) is 0 Å². The fourth-order valence-electron chi connectivity index (χ4n) is 4.68. The molecule has 4 heteroatoms. The Labute approximate surface area is 174 Å². The number of nitrogens with zero attached hydrogens (tertiary/aromatic N) is 2. The number of fused-ring (bicyclic) bond motifs is 1. The highest BCUT2D eigenvalue weighted by molar-refractivity contribution is 7.13. The van der Waals surface area contributed by atoms with Gasteiger partial charge >= 0.3 is 0 Å². The standard InChI is InChI=1S/C24H26N2S2/c1-23(2,3)16-10-12-24(13-11-16)25-21-17(19-6-4-14-27-19)8-9-18(22(21)26-24)20-7-5-15-28-20/h4-9,14-16H,10-13H2,1-3H3. The maximum atomic E-state index is 5.33. The van der Waals surface area contributed by atoms with Crippen molar-refractivity contribution in [3.05, 3.63) is 57.9 Å². The molecule has 2 aromatic heterocycles. The second-order valence-corrected chi connectivity index (χ2v) is 11.1. The smallest absolute Gasteiger partial charge is 0.151 e. The molecule has 0 bridgehead atoms. The zero-order valence-corrected chi connectivity index (χ0v) is 18.4. The second-order valence-electron chi connectivity index (χ2n) is 9.16. The predicted molar refractivity (Wildman–Crippen MR) is 120 cm³/mol. The second kappa shape index (κ2) is 6.64. The van der Waals surface area contributed by atoms with Crippen LogP contribution in [0.1, 0.15) is 46.5 Å². The van der Waals surface area contributed by atoms with E-state index in [1.165, 1.54) is 33.7 Å². The van der Waals surface area contributed by atoms with Gasteiger partial charge in [-0.3, -0.25) is 9.98 Å². The molecule has 5 rings (SSSR count). The van der Waals surface area contributed by atoms with Crippen molar-refractivity contribution in [2.24, 2.45) is 21.3 Å². The summed E-state index contributed by atoms with van der Waals surface area (Å²) in [5.74, 6) is 0.765. The average molecular weight is 407 g/mol. The lowest BCUT2D eigenvalue weighted by Crippen LogP contribution is -2.34. The van der Waals surface area contributed by atoms with E-state index in [2.05, 4.69) is 67.9 Å². The molecule has 2 nitrogen and oxygen atoms in total. The van der Waals surface area contributed by atoms with Crippen LogP contribution < -0.4 is 10.7 Å². The molecule has 0 atom stereocenters. The lowest BCUT2D eigenvalue weighted by molar-refractivity contribution is 0.138. The molecule has 0 saturated heterocycles. The molecule has 3 aromatic rings. The Bertz CT molecular complexity index is 1020. The van der Waals surface area contributed by atoms with E-state index in [4.69, 9.17) is 9.98 Å². The van der Waals surface area contributed by atoms with Crippen molar-refractivity contribution in [1.29, 1.82) is 0 Å². The van der Waals surface area contributed by atoms with Gasteiger partial charge in [-0.25, -0.2) is 0 Å². The van der Waals surface area contributed by atoms with Crippen LogP contribution in [0.15, 0.2) is 57.1 Å². The number of thiophene rings is 2. The minimum absolute atomic E-state index is 0.247. The fraction of sp³-hybridized carbons (Fsp3) is 0.417. The number of rotatable bonds is 2. The van der Waals surface area contributed by atoms with E-state index in [9.17, 15) is 0 Å². The van der Waals surface area contributed by atoms with Gasteiger partial charge in [0.15, 0.2) is 5.66 Å². The van der Waals surface area contributed by atoms with Gasteiger partial charge in [0.2, 0.25) is 0 Å². The Morgan fingerprint density at radius 1 is 0.821 bits per heavy atom. The Balaban J connectivity index is 1.64. The molecule has 1 aliphatic heterocycles. The molecule has 2 aliphatic rings. The first kappa shape index (κ1) is 18.3. The van der Waals surface area contributed by atoms with E-state index >= 15 is 0 Å². The Morgan fingerprint density at radius 2 is 1.32 bits per heavy atom. The van der Waals surface area contributed by atoms with Crippen LogP contribution in [0.25, 0.3) is 20.9 Å². The van der Waals surface area contributed by atoms with Crippen molar-refractivity contribution in [1.82, 2.24) is 0 Å². The van der Waals surface area contributed by atoms with Crippen molar-refractivity contribution >= 4 is 22.7 Å². The largest absolute Gasteiger partial charge is 0.253 e. The van der Waals surface area contributed by atoms with Crippen molar-refractivity contribution in [2.75, 3.05) is 0 Å². The third-order valence-corrected chi connectivity index (χ3v) is 8.18. The van der Waals surface area contributed by atoms with Gasteiger partial charge in [0.05, 0.1) is 10.7 Å². The lowest BCUT2D eigenvalue weighted by Gasteiger charge is -2.39. The van der Waals surface area contributed by atoms with Gasteiger partial charge < -0.3 is 0 Å². The van der Waals surface area contributed by atoms with E-state index in [0.717, 1.165) is 29.5 Å². The molecule has 1 saturated carbocycles. The van der Waals surface area contributed by atoms with Crippen molar-refractivity contribution < 1.29 is 0 Å². The van der Waals surface area contributed by atoms with Gasteiger partial charge in [-0.05, 0) is 59.9 Å². The molecular formula is C24H26N2S2. The summed E-state index contributed by atoms with van der Waals surface area (Å²) in [6.07, 6.45) is 4.56. The van der Waals surface area contributed by atoms with E-state index in [-0.39, 0.29) is 5.66 Å². The molecule has 1 fully saturated rings. The monoisotopic (exact) mass is 406 g/mol. The summed E-state index contributed by atoms with van der Waals surface area (Å²) in [5, 5.41) is 6.52. The van der Waals surface area contributed by atoms with Crippen LogP contribution in [0.3, 0.4) is 0 Å². The van der Waals surface area contributed by atoms with Gasteiger partial charge in [-0.1, -0.05) is 45.0 Å². The van der Waals surface area contributed by atoms with Crippen molar-refractivity contribution in [2.45, 2.75) is 52.1 Å². The van der Waals surface area contributed by atoms with E-state index in [0.29, 0.717) is 5.41 Å². The van der Waals surface area contributed by atoms with Crippen molar-refractivity contribution in [3.8, 4) is 20.9 Å². The quantitative estimate of drug-likeness (QED) is 0.475. The first-order valence-electron chi connectivity index (χ1n) is 10.2. The maximum absolute atomic E-state index is 5.33. The topological polar surface area (TPSA) is 24.7 Å². The SMILES string of the molecule is CC(C)(C)C1CCC2(CC1)N=c1c(-c3cccs3)ccc(-c3cccs3)c1=N2. The summed E-state index contributed by atoms with van der Waals surface area (Å²) in [7, 11) is 0. The first-order valence-corrected chi connectivity index (χ1v) is 11.9. The number of benzene rings is 1. The molecular weight excluding hydrogens is 380 g/mol. The van der Waals surface area contributed by atoms with Crippen molar-refractivity contribution in [3.63, 3.8) is 0 Å². The van der Waals surface area contributed by atoms with Crippen LogP contribution >= 0.6 is 22.7 Å². The zero-order chi connectivity index (χ0) is 19.4. The normalized spacial score (nSPS) is 18.7. The van der Waals surface area contributed by atoms with Gasteiger partial charge in [0, 0.05) is 20.9 Å². The summed E-state index contributed by atoms with van der Waals surface area (Å²) in [5.41, 5.74) is 2.61. The molecule has 1 aromatic carbocycles. The lowest BCUT2D eigenvalue weighted by atomic mass is 9.70. The molecule has 3 heterocycles. The van der Waals surface area contributed by atoms with Crippen LogP contribution in [0.4, 0.5) is 0 Å². The molecule has 0 N–H and O–H groups in total. The Hall–Kier alpha value is -1.78. The molecule has 1 spiro atoms. The number of hydrogen-bond donors (Lipinski definition) is 0. The highest BCUT2D eigenvalue weighted by Gasteiger charge is 2.40. The molecule has 1 aliphatic carbocycles. The minimum atomic E-state index is -0.247. The summed E-state index contributed by atoms with van der Waals surface area (Å²) in [4.78, 5) is 13.2. The Morgan fingerprint density at radius 3 is 1.71 bits per heavy atom. The zero-order valence-electron chi connectivity index (χ0n) is 16.7. The minimum Gasteiger partial charge on any atom is -0.253 e. The maximum Gasteiger partial charge on any atom is 0.151 e. The highest BCUT2D eigenvalue weighted by Crippen LogP contribution is 2.44. The van der Waals surface area contributed by atoms with Gasteiger partial charge in [0.25, 0.3) is 0 Å². The summed E-state index contributed by atoms with van der Waals surface area (Å²) in [6, 6.07) is 13.1. The third-order valence-electron chi connectivity index (χ3n) is 6.38. The molecule has 0 amide bonds. The predicted octanol–water partition coefficient (Wildman–Crippen LogP) is 6.33. The van der Waals surface area contributed by atoms with E-state index < -0.39 is 0 Å². The fourth-order valence-corrected chi connectivity index (χ4v) is 6.18. The van der Waals surface area contributed by atoms with Crippen LogP contribution in [-0.2, 0) is 0 Å². The van der Waals surface area contributed by atoms with E-state index in [1.807, 2.05) is 0 Å². The molecule has 0 radical (unpaired) electrons. The van der Waals surface area contributed by atoms with Gasteiger partial charge in [-0.2, -0.15) is 0 Å².